The zero-order valence-electron chi connectivity index (χ0n) is 14.8. The van der Waals surface area contributed by atoms with E-state index in [0.29, 0.717) is 6.42 Å². The second-order valence-electron chi connectivity index (χ2n) is 6.36. The van der Waals surface area contributed by atoms with Gasteiger partial charge in [-0.2, -0.15) is 0 Å². The molecule has 2 heterocycles. The maximum atomic E-state index is 11.1. The van der Waals surface area contributed by atoms with Gasteiger partial charge in [-0.15, -0.1) is 0 Å². The molecule has 0 spiro atoms. The molecule has 0 fully saturated rings. The van der Waals surface area contributed by atoms with E-state index in [1.165, 1.54) is 6.08 Å². The second-order valence-corrected chi connectivity index (χ2v) is 6.36. The molecule has 0 bridgehead atoms. The predicted octanol–water partition coefficient (Wildman–Crippen LogP) is 3.23. The molecule has 2 N–H and O–H groups in total. The molecular weight excluding hydrogens is 340 g/mol. The molecule has 0 aliphatic carbocycles. The summed E-state index contributed by atoms with van der Waals surface area (Å²) in [5.41, 5.74) is 6.37. The topological polar surface area (TPSA) is 80.0 Å². The molecule has 2 aromatic carbocycles. The lowest BCUT2D eigenvalue weighted by atomic mass is 10.1. The Labute approximate surface area is 155 Å². The lowest BCUT2D eigenvalue weighted by Gasteiger charge is -2.04. The Bertz CT molecular complexity index is 1180. The summed E-state index contributed by atoms with van der Waals surface area (Å²) in [6.07, 6.45) is 5.48. The summed E-state index contributed by atoms with van der Waals surface area (Å²) in [5, 5.41) is 9.67. The highest BCUT2D eigenvalue weighted by Gasteiger charge is 2.09. The molecule has 0 saturated heterocycles. The van der Waals surface area contributed by atoms with Crippen molar-refractivity contribution in [2.24, 2.45) is 7.05 Å². The molecule has 6 nitrogen and oxygen atoms in total. The summed E-state index contributed by atoms with van der Waals surface area (Å²) in [6, 6.07) is 16.0. The van der Waals surface area contributed by atoms with Gasteiger partial charge in [0.2, 0.25) is 0 Å². The van der Waals surface area contributed by atoms with Gasteiger partial charge in [-0.05, 0) is 41.5 Å². The third-order valence-electron chi connectivity index (χ3n) is 4.54. The van der Waals surface area contributed by atoms with Crippen molar-refractivity contribution in [3.05, 3.63) is 77.8 Å². The lowest BCUT2D eigenvalue weighted by molar-refractivity contribution is -0.124. The molecule has 134 valence electrons. The third kappa shape index (κ3) is 3.43. The molecule has 6 heteroatoms. The predicted molar refractivity (Wildman–Crippen MR) is 104 cm³/mol. The summed E-state index contributed by atoms with van der Waals surface area (Å²) >= 11 is 0. The Morgan fingerprint density at radius 1 is 1.19 bits per heavy atom. The van der Waals surface area contributed by atoms with Crippen LogP contribution in [0.4, 0.5) is 0 Å². The number of hydroxylamine groups is 1. The molecule has 4 aromatic rings. The van der Waals surface area contributed by atoms with Crippen LogP contribution in [0.1, 0.15) is 17.0 Å². The average Bonchev–Trinajstić information content (AvgIpc) is 3.00. The van der Waals surface area contributed by atoms with Crippen LogP contribution in [0.25, 0.3) is 28.0 Å². The van der Waals surface area contributed by atoms with Crippen LogP contribution in [0.3, 0.4) is 0 Å². The number of hydrogen-bond acceptors (Lipinski definition) is 4. The molecule has 0 unspecified atom stereocenters. The average molecular weight is 358 g/mol. The molecular formula is C21H18N4O2. The van der Waals surface area contributed by atoms with Gasteiger partial charge in [-0.3, -0.25) is 15.0 Å². The molecule has 4 rings (SSSR count). The van der Waals surface area contributed by atoms with Crippen molar-refractivity contribution in [1.29, 1.82) is 0 Å². The van der Waals surface area contributed by atoms with Gasteiger partial charge in [-0.1, -0.05) is 24.3 Å². The number of carbonyl (C=O) groups is 1. The van der Waals surface area contributed by atoms with Crippen molar-refractivity contribution in [3.63, 3.8) is 0 Å². The molecule has 2 aromatic heterocycles. The number of carbonyl (C=O) groups excluding carboxylic acids is 1. The fourth-order valence-corrected chi connectivity index (χ4v) is 3.13. The van der Waals surface area contributed by atoms with E-state index >= 15 is 0 Å². The molecule has 0 aliphatic rings. The minimum Gasteiger partial charge on any atom is -0.331 e. The molecule has 0 atom stereocenters. The molecule has 0 radical (unpaired) electrons. The Hall–Kier alpha value is -3.51. The van der Waals surface area contributed by atoms with Gasteiger partial charge in [0.25, 0.3) is 5.91 Å². The summed E-state index contributed by atoms with van der Waals surface area (Å²) < 4.78 is 2.07. The Kier molecular flexibility index (Phi) is 4.40. The highest BCUT2D eigenvalue weighted by molar-refractivity contribution is 5.91. The first-order valence-electron chi connectivity index (χ1n) is 8.55. The standard InChI is InChI=1S/C21H18N4O2/c1-25-19-8-6-14(7-9-21(26)24-27)11-18(19)23-20(25)12-15-10-16-4-2-3-5-17(16)22-13-15/h2-11,13,27H,12H2,1H3,(H,24,26)/b9-7+. The number of aryl methyl sites for hydroxylation is 1. The number of imidazole rings is 1. The van der Waals surface area contributed by atoms with Crippen LogP contribution >= 0.6 is 0 Å². The van der Waals surface area contributed by atoms with E-state index in [0.717, 1.165) is 38.9 Å². The highest BCUT2D eigenvalue weighted by atomic mass is 16.5. The summed E-state index contributed by atoms with van der Waals surface area (Å²) in [4.78, 5) is 20.4. The van der Waals surface area contributed by atoms with Gasteiger partial charge in [0, 0.05) is 31.1 Å². The normalized spacial score (nSPS) is 11.5. The first kappa shape index (κ1) is 16.9. The van der Waals surface area contributed by atoms with Crippen LogP contribution in [0, 0.1) is 0 Å². The maximum Gasteiger partial charge on any atom is 0.267 e. The maximum absolute atomic E-state index is 11.1. The van der Waals surface area contributed by atoms with Crippen LogP contribution in [-0.2, 0) is 18.3 Å². The number of benzene rings is 2. The Balaban J connectivity index is 1.65. The van der Waals surface area contributed by atoms with Gasteiger partial charge >= 0.3 is 0 Å². The molecule has 0 saturated carbocycles. The number of hydrogen-bond donors (Lipinski definition) is 2. The van der Waals surface area contributed by atoms with Crippen molar-refractivity contribution < 1.29 is 10.0 Å². The lowest BCUT2D eigenvalue weighted by Crippen LogP contribution is -2.14. The van der Waals surface area contributed by atoms with E-state index < -0.39 is 5.91 Å². The fourth-order valence-electron chi connectivity index (χ4n) is 3.13. The van der Waals surface area contributed by atoms with E-state index in [1.54, 1.807) is 11.6 Å². The number of para-hydroxylation sites is 1. The van der Waals surface area contributed by atoms with E-state index in [2.05, 4.69) is 21.7 Å². The summed E-state index contributed by atoms with van der Waals surface area (Å²) in [6.45, 7) is 0. The SMILES string of the molecule is Cn1c(Cc2cnc3ccccc3c2)nc2cc(/C=C/C(=O)NO)ccc21. The smallest absolute Gasteiger partial charge is 0.267 e. The number of nitrogens with one attached hydrogen (secondary N) is 1. The van der Waals surface area contributed by atoms with E-state index in [4.69, 9.17) is 10.2 Å². The van der Waals surface area contributed by atoms with Gasteiger partial charge in [0.05, 0.1) is 16.6 Å². The number of pyridine rings is 1. The quantitative estimate of drug-likeness (QED) is 0.333. The van der Waals surface area contributed by atoms with Crippen LogP contribution in [0.5, 0.6) is 0 Å². The largest absolute Gasteiger partial charge is 0.331 e. The number of amides is 1. The van der Waals surface area contributed by atoms with Gasteiger partial charge in [-0.25, -0.2) is 10.5 Å². The molecule has 27 heavy (non-hydrogen) atoms. The van der Waals surface area contributed by atoms with Gasteiger partial charge in [0.1, 0.15) is 5.82 Å². The number of aromatic nitrogens is 3. The molecule has 0 aliphatic heterocycles. The van der Waals surface area contributed by atoms with Crippen molar-refractivity contribution in [1.82, 2.24) is 20.0 Å². The minimum absolute atomic E-state index is 0.569. The van der Waals surface area contributed by atoms with Gasteiger partial charge < -0.3 is 4.57 Å². The monoisotopic (exact) mass is 358 g/mol. The van der Waals surface area contributed by atoms with Crippen LogP contribution in [-0.4, -0.2) is 25.6 Å². The van der Waals surface area contributed by atoms with Crippen molar-refractivity contribution in [2.45, 2.75) is 6.42 Å². The highest BCUT2D eigenvalue weighted by Crippen LogP contribution is 2.21. The summed E-state index contributed by atoms with van der Waals surface area (Å²) in [5.74, 6) is 0.372. The number of nitrogens with zero attached hydrogens (tertiary/aromatic N) is 3. The van der Waals surface area contributed by atoms with Crippen molar-refractivity contribution in [2.75, 3.05) is 0 Å². The first-order chi connectivity index (χ1) is 13.1. The van der Waals surface area contributed by atoms with E-state index in [1.807, 2.05) is 49.6 Å². The van der Waals surface area contributed by atoms with Crippen molar-refractivity contribution in [3.8, 4) is 0 Å². The summed E-state index contributed by atoms with van der Waals surface area (Å²) in [7, 11) is 1.99. The Morgan fingerprint density at radius 3 is 2.89 bits per heavy atom. The van der Waals surface area contributed by atoms with Crippen LogP contribution in [0.15, 0.2) is 60.8 Å². The molecule has 1 amide bonds. The van der Waals surface area contributed by atoms with Crippen LogP contribution < -0.4 is 5.48 Å². The zero-order chi connectivity index (χ0) is 18.8. The Morgan fingerprint density at radius 2 is 2.04 bits per heavy atom. The zero-order valence-corrected chi connectivity index (χ0v) is 14.8. The fraction of sp³-hybridized carbons (Fsp3) is 0.0952. The van der Waals surface area contributed by atoms with Crippen molar-refractivity contribution >= 4 is 33.9 Å². The number of fused-ring (bicyclic) bond motifs is 2. The van der Waals surface area contributed by atoms with Gasteiger partial charge in [0.15, 0.2) is 0 Å². The first-order valence-corrected chi connectivity index (χ1v) is 8.55. The van der Waals surface area contributed by atoms with E-state index in [-0.39, 0.29) is 0 Å². The third-order valence-corrected chi connectivity index (χ3v) is 4.54. The minimum atomic E-state index is -0.569. The van der Waals surface area contributed by atoms with Crippen LogP contribution in [0.2, 0.25) is 0 Å². The van der Waals surface area contributed by atoms with E-state index in [9.17, 15) is 4.79 Å². The number of rotatable bonds is 4. The second kappa shape index (κ2) is 7.01.